The van der Waals surface area contributed by atoms with Crippen LogP contribution in [0, 0.1) is 0 Å². The summed E-state index contributed by atoms with van der Waals surface area (Å²) in [5.41, 5.74) is 0. The van der Waals surface area contributed by atoms with Crippen LogP contribution in [0.4, 0.5) is 0 Å². The van der Waals surface area contributed by atoms with E-state index in [1.54, 1.807) is 14.1 Å². The number of nitrogens with zero attached hydrogens (tertiary/aromatic N) is 2. The molecule has 0 aliphatic carbocycles. The average molecular weight is 287 g/mol. The van der Waals surface area contributed by atoms with Gasteiger partial charge in [-0.3, -0.25) is 9.69 Å². The fourth-order valence-electron chi connectivity index (χ4n) is 1.33. The van der Waals surface area contributed by atoms with E-state index in [-0.39, 0.29) is 5.34 Å². The molecule has 0 radical (unpaired) electrons. The fourth-order valence-corrected chi connectivity index (χ4v) is 1.33. The van der Waals surface area contributed by atoms with Gasteiger partial charge in [0.1, 0.15) is 0 Å². The summed E-state index contributed by atoms with van der Waals surface area (Å²) in [7, 11) is 3.38. The molecule has 0 bridgehead atoms. The van der Waals surface area contributed by atoms with E-state index in [0.717, 1.165) is 13.0 Å². The first-order valence-electron chi connectivity index (χ1n) is 5.77. The third-order valence-electron chi connectivity index (χ3n) is 1.90. The minimum absolute atomic E-state index is 0.194. The Morgan fingerprint density at radius 1 is 1.06 bits per heavy atom. The first-order chi connectivity index (χ1) is 7.78. The first-order valence-corrected chi connectivity index (χ1v) is 6.84. The molecule has 0 rings (SSSR count). The summed E-state index contributed by atoms with van der Waals surface area (Å²) in [6, 6.07) is 1.38. The predicted octanol–water partition coefficient (Wildman–Crippen LogP) is 3.25. The van der Waals surface area contributed by atoms with Crippen molar-refractivity contribution in [3.05, 3.63) is 0 Å². The van der Waals surface area contributed by atoms with E-state index in [4.69, 9.17) is 23.2 Å². The lowest BCUT2D eigenvalue weighted by molar-refractivity contribution is -0.115. The van der Waals surface area contributed by atoms with Crippen molar-refractivity contribution in [1.82, 2.24) is 9.80 Å². The van der Waals surface area contributed by atoms with Crippen LogP contribution in [-0.2, 0) is 4.79 Å². The number of amides is 1. The molecule has 17 heavy (non-hydrogen) atoms. The van der Waals surface area contributed by atoms with Crippen LogP contribution in [0.2, 0.25) is 0 Å². The molecule has 0 spiro atoms. The molecule has 0 aromatic rings. The Bertz CT molecular complexity index is 145. The molecule has 106 valence electrons. The zero-order chi connectivity index (χ0) is 14.4. The lowest BCUT2D eigenvalue weighted by Gasteiger charge is -2.28. The van der Waals surface area contributed by atoms with E-state index < -0.39 is 0 Å². The summed E-state index contributed by atoms with van der Waals surface area (Å²) >= 11 is 9.53. The Kier molecular flexibility index (Phi) is 20.9. The molecule has 0 aromatic carbocycles. The Balaban J connectivity index is -0.000000207. The predicted molar refractivity (Wildman–Crippen MR) is 79.0 cm³/mol. The van der Waals surface area contributed by atoms with Crippen molar-refractivity contribution in [2.45, 2.75) is 46.7 Å². The molecule has 0 aromatic heterocycles. The standard InChI is InChI=1S/C8H19N.C3H7NO.CH2Cl2/c1-6-9(7(2)3)8(4)5;1-4(2)3-5;2-1-3/h7-8H,6H2,1-5H3;3H,1-2H3;1H2. The van der Waals surface area contributed by atoms with Gasteiger partial charge in [-0.1, -0.05) is 6.92 Å². The summed E-state index contributed by atoms with van der Waals surface area (Å²) < 4.78 is 0. The van der Waals surface area contributed by atoms with E-state index in [0.29, 0.717) is 12.1 Å². The van der Waals surface area contributed by atoms with Crippen molar-refractivity contribution in [2.24, 2.45) is 0 Å². The van der Waals surface area contributed by atoms with Crippen LogP contribution in [0.1, 0.15) is 34.6 Å². The van der Waals surface area contributed by atoms with Crippen LogP contribution in [0.3, 0.4) is 0 Å². The van der Waals surface area contributed by atoms with Gasteiger partial charge >= 0.3 is 0 Å². The van der Waals surface area contributed by atoms with Crippen molar-refractivity contribution < 1.29 is 4.79 Å². The van der Waals surface area contributed by atoms with E-state index >= 15 is 0 Å². The fraction of sp³-hybridized carbons (Fsp3) is 0.917. The molecule has 0 unspecified atom stereocenters. The van der Waals surface area contributed by atoms with Gasteiger partial charge in [-0.05, 0) is 34.2 Å². The molecule has 0 aliphatic heterocycles. The van der Waals surface area contributed by atoms with Crippen LogP contribution in [0.15, 0.2) is 0 Å². The van der Waals surface area contributed by atoms with E-state index in [2.05, 4.69) is 39.5 Å². The van der Waals surface area contributed by atoms with Crippen LogP contribution in [0.25, 0.3) is 0 Å². The van der Waals surface area contributed by atoms with Gasteiger partial charge in [0.15, 0.2) is 0 Å². The van der Waals surface area contributed by atoms with Gasteiger partial charge in [-0.2, -0.15) is 0 Å². The van der Waals surface area contributed by atoms with Gasteiger partial charge in [0.05, 0.1) is 5.34 Å². The highest BCUT2D eigenvalue weighted by atomic mass is 35.5. The third-order valence-corrected chi connectivity index (χ3v) is 1.90. The summed E-state index contributed by atoms with van der Waals surface area (Å²) in [5, 5.41) is 0.194. The minimum atomic E-state index is 0.194. The second kappa shape index (κ2) is 16.0. The van der Waals surface area contributed by atoms with Gasteiger partial charge in [0.25, 0.3) is 0 Å². The van der Waals surface area contributed by atoms with Crippen LogP contribution < -0.4 is 0 Å². The molecule has 0 saturated carbocycles. The number of hydrogen-bond donors (Lipinski definition) is 0. The molecule has 0 fully saturated rings. The molecular formula is C12H28Cl2N2O. The lowest BCUT2D eigenvalue weighted by Crippen LogP contribution is -2.36. The SMILES string of the molecule is CCN(C(C)C)C(C)C.CN(C)C=O.ClCCl. The maximum Gasteiger partial charge on any atom is 0.209 e. The van der Waals surface area contributed by atoms with Crippen molar-refractivity contribution >= 4 is 29.6 Å². The van der Waals surface area contributed by atoms with E-state index in [9.17, 15) is 4.79 Å². The summed E-state index contributed by atoms with van der Waals surface area (Å²) in [5.74, 6) is 0. The van der Waals surface area contributed by atoms with Crippen molar-refractivity contribution in [3.63, 3.8) is 0 Å². The molecule has 0 atom stereocenters. The maximum atomic E-state index is 9.43. The molecule has 5 heteroatoms. The van der Waals surface area contributed by atoms with Crippen molar-refractivity contribution in [1.29, 1.82) is 0 Å². The highest BCUT2D eigenvalue weighted by Gasteiger charge is 2.08. The number of hydrogen-bond acceptors (Lipinski definition) is 2. The van der Waals surface area contributed by atoms with Gasteiger partial charge < -0.3 is 4.90 Å². The average Bonchev–Trinajstić information content (AvgIpc) is 2.19. The highest BCUT2D eigenvalue weighted by molar-refractivity contribution is 6.40. The first kappa shape index (κ1) is 22.2. The van der Waals surface area contributed by atoms with Gasteiger partial charge in [-0.25, -0.2) is 0 Å². The van der Waals surface area contributed by atoms with E-state index in [1.165, 1.54) is 4.90 Å². The zero-order valence-corrected chi connectivity index (χ0v) is 13.7. The highest BCUT2D eigenvalue weighted by Crippen LogP contribution is 2.02. The topological polar surface area (TPSA) is 23.6 Å². The zero-order valence-electron chi connectivity index (χ0n) is 12.2. The molecule has 1 amide bonds. The summed E-state index contributed by atoms with van der Waals surface area (Å²) in [4.78, 5) is 13.3. The van der Waals surface area contributed by atoms with E-state index in [1.807, 2.05) is 0 Å². The monoisotopic (exact) mass is 286 g/mol. The van der Waals surface area contributed by atoms with Crippen LogP contribution in [-0.4, -0.2) is 54.3 Å². The second-order valence-electron chi connectivity index (χ2n) is 4.19. The van der Waals surface area contributed by atoms with Crippen LogP contribution in [0.5, 0.6) is 0 Å². The molecule has 0 N–H and O–H groups in total. The smallest absolute Gasteiger partial charge is 0.209 e. The second-order valence-corrected chi connectivity index (χ2v) is 5.00. The molecular weight excluding hydrogens is 259 g/mol. The Morgan fingerprint density at radius 3 is 1.29 bits per heavy atom. The van der Waals surface area contributed by atoms with Gasteiger partial charge in [-0.15, -0.1) is 23.2 Å². The molecule has 0 saturated heterocycles. The Labute approximate surface area is 117 Å². The number of rotatable bonds is 4. The van der Waals surface area contributed by atoms with Gasteiger partial charge in [0, 0.05) is 26.2 Å². The minimum Gasteiger partial charge on any atom is -0.351 e. The Morgan fingerprint density at radius 2 is 1.29 bits per heavy atom. The lowest BCUT2D eigenvalue weighted by atomic mass is 10.2. The van der Waals surface area contributed by atoms with Crippen LogP contribution >= 0.6 is 23.2 Å². The summed E-state index contributed by atoms with van der Waals surface area (Å²) in [6.45, 7) is 12.3. The van der Waals surface area contributed by atoms with Crippen molar-refractivity contribution in [2.75, 3.05) is 26.0 Å². The summed E-state index contributed by atoms with van der Waals surface area (Å²) in [6.07, 6.45) is 0.750. The molecule has 3 nitrogen and oxygen atoms in total. The number of carbonyl (C=O) groups is 1. The number of halogens is 2. The van der Waals surface area contributed by atoms with Crippen molar-refractivity contribution in [3.8, 4) is 0 Å². The number of alkyl halides is 2. The third kappa shape index (κ3) is 21.8. The number of carbonyl (C=O) groups excluding carboxylic acids is 1. The normalized spacial score (nSPS) is 9.41. The Hall–Kier alpha value is 0.01000. The largest absolute Gasteiger partial charge is 0.351 e. The van der Waals surface area contributed by atoms with Gasteiger partial charge in [0.2, 0.25) is 6.41 Å². The maximum absolute atomic E-state index is 9.43. The molecule has 0 aliphatic rings. The molecule has 0 heterocycles. The quantitative estimate of drug-likeness (QED) is 0.585.